The molecule has 0 fully saturated rings. The highest BCUT2D eigenvalue weighted by Crippen LogP contribution is 2.22. The lowest BCUT2D eigenvalue weighted by Gasteiger charge is -2.09. The molecule has 0 aliphatic heterocycles. The quantitative estimate of drug-likeness (QED) is 0.290. The normalized spacial score (nSPS) is 12.0. The number of nitrogens with one attached hydrogen (secondary N) is 1. The van der Waals surface area contributed by atoms with Gasteiger partial charge in [-0.05, 0) is 67.6 Å². The molecule has 0 aliphatic carbocycles. The number of hydrogen-bond donors (Lipinski definition) is 1. The number of anilines is 1. The highest BCUT2D eigenvalue weighted by atomic mass is 35.5. The maximum absolute atomic E-state index is 13.1. The van der Waals surface area contributed by atoms with E-state index in [-0.39, 0.29) is 22.8 Å². The van der Waals surface area contributed by atoms with Crippen molar-refractivity contribution in [1.29, 1.82) is 0 Å². The van der Waals surface area contributed by atoms with Gasteiger partial charge in [-0.1, -0.05) is 29.0 Å². The van der Waals surface area contributed by atoms with Gasteiger partial charge in [0.05, 0.1) is 33.9 Å². The molecule has 1 N–H and O–H groups in total. The van der Waals surface area contributed by atoms with Gasteiger partial charge in [-0.25, -0.2) is 13.2 Å². The number of sulfonamides is 1. The first kappa shape index (κ1) is 27.5. The maximum atomic E-state index is 13.1. The molecule has 0 spiro atoms. The topological polar surface area (TPSA) is 116 Å². The molecule has 3 aromatic carbocycles. The van der Waals surface area contributed by atoms with Crippen LogP contribution in [-0.2, 0) is 26.0 Å². The van der Waals surface area contributed by atoms with Crippen molar-refractivity contribution in [1.82, 2.24) is 4.57 Å². The molecule has 12 heteroatoms. The van der Waals surface area contributed by atoms with Crippen molar-refractivity contribution in [2.24, 2.45) is 4.99 Å². The minimum Gasteiger partial charge on any atom is -0.462 e. The van der Waals surface area contributed by atoms with Crippen molar-refractivity contribution in [2.45, 2.75) is 18.4 Å². The van der Waals surface area contributed by atoms with Crippen molar-refractivity contribution in [3.63, 3.8) is 0 Å². The molecule has 9 nitrogen and oxygen atoms in total. The summed E-state index contributed by atoms with van der Waals surface area (Å²) in [4.78, 5) is 30.1. The zero-order chi connectivity index (χ0) is 27.3. The minimum atomic E-state index is -3.89. The summed E-state index contributed by atoms with van der Waals surface area (Å²) in [6, 6.07) is 17.0. The second-order valence-corrected chi connectivity index (χ2v) is 11.1. The van der Waals surface area contributed by atoms with Gasteiger partial charge < -0.3 is 14.0 Å². The summed E-state index contributed by atoms with van der Waals surface area (Å²) in [6.07, 6.45) is 0. The number of aromatic nitrogens is 1. The van der Waals surface area contributed by atoms with Crippen LogP contribution in [0.1, 0.15) is 27.6 Å². The molecule has 1 aromatic heterocycles. The highest BCUT2D eigenvalue weighted by molar-refractivity contribution is 7.92. The van der Waals surface area contributed by atoms with E-state index in [4.69, 9.17) is 21.1 Å². The molecule has 198 valence electrons. The van der Waals surface area contributed by atoms with Crippen LogP contribution in [0.15, 0.2) is 76.6 Å². The summed E-state index contributed by atoms with van der Waals surface area (Å²) < 4.78 is 40.8. The van der Waals surface area contributed by atoms with Crippen LogP contribution in [0.2, 0.25) is 5.02 Å². The van der Waals surface area contributed by atoms with Gasteiger partial charge in [-0.15, -0.1) is 0 Å². The highest BCUT2D eigenvalue weighted by Gasteiger charge is 2.16. The number of thiazole rings is 1. The molecule has 1 amide bonds. The number of carbonyl (C=O) groups is 2. The molecular formula is C26H24ClN3O6S2. The summed E-state index contributed by atoms with van der Waals surface area (Å²) in [5.41, 5.74) is 1.60. The Morgan fingerprint density at radius 3 is 2.53 bits per heavy atom. The number of methoxy groups -OCH3 is 1. The Morgan fingerprint density at radius 1 is 1.05 bits per heavy atom. The zero-order valence-corrected chi connectivity index (χ0v) is 22.9. The van der Waals surface area contributed by atoms with Gasteiger partial charge in [-0.2, -0.15) is 4.99 Å². The van der Waals surface area contributed by atoms with E-state index < -0.39 is 21.9 Å². The zero-order valence-electron chi connectivity index (χ0n) is 20.5. The van der Waals surface area contributed by atoms with Gasteiger partial charge in [0.2, 0.25) is 0 Å². The number of halogens is 1. The fourth-order valence-corrected chi connectivity index (χ4v) is 5.86. The van der Waals surface area contributed by atoms with Crippen molar-refractivity contribution >= 4 is 60.7 Å². The predicted octanol–water partition coefficient (Wildman–Crippen LogP) is 4.72. The Bertz CT molecular complexity index is 1660. The lowest BCUT2D eigenvalue weighted by Crippen LogP contribution is -2.19. The van der Waals surface area contributed by atoms with Crippen LogP contribution in [-0.4, -0.2) is 45.2 Å². The number of ether oxygens (including phenoxy) is 2. The lowest BCUT2D eigenvalue weighted by atomic mass is 10.2. The van der Waals surface area contributed by atoms with Gasteiger partial charge in [0.25, 0.3) is 15.9 Å². The largest absolute Gasteiger partial charge is 0.462 e. The van der Waals surface area contributed by atoms with E-state index in [1.807, 2.05) is 4.57 Å². The fourth-order valence-electron chi connectivity index (χ4n) is 3.59. The molecule has 0 radical (unpaired) electrons. The van der Waals surface area contributed by atoms with Crippen LogP contribution < -0.4 is 9.52 Å². The average Bonchev–Trinajstić information content (AvgIpc) is 3.23. The van der Waals surface area contributed by atoms with Crippen LogP contribution in [0.5, 0.6) is 0 Å². The summed E-state index contributed by atoms with van der Waals surface area (Å²) in [5, 5.41) is 0.416. The Kier molecular flexibility index (Phi) is 8.62. The van der Waals surface area contributed by atoms with E-state index in [1.165, 1.54) is 41.7 Å². The van der Waals surface area contributed by atoms with E-state index in [0.29, 0.717) is 28.5 Å². The summed E-state index contributed by atoms with van der Waals surface area (Å²) in [5.74, 6) is -0.987. The van der Waals surface area contributed by atoms with E-state index in [9.17, 15) is 18.0 Å². The summed E-state index contributed by atoms with van der Waals surface area (Å²) in [6.45, 7) is 2.82. The lowest BCUT2D eigenvalue weighted by molar-refractivity contribution is 0.0526. The molecule has 4 aromatic rings. The predicted molar refractivity (Wildman–Crippen MR) is 146 cm³/mol. The number of esters is 1. The van der Waals surface area contributed by atoms with E-state index in [2.05, 4.69) is 9.71 Å². The van der Waals surface area contributed by atoms with Crippen LogP contribution in [0.25, 0.3) is 10.2 Å². The van der Waals surface area contributed by atoms with Crippen molar-refractivity contribution in [3.8, 4) is 0 Å². The molecular weight excluding hydrogens is 550 g/mol. The number of carbonyl (C=O) groups excluding carboxylic acids is 2. The molecule has 0 unspecified atom stereocenters. The molecule has 0 aliphatic rings. The van der Waals surface area contributed by atoms with Crippen LogP contribution >= 0.6 is 22.9 Å². The van der Waals surface area contributed by atoms with E-state index >= 15 is 0 Å². The van der Waals surface area contributed by atoms with Gasteiger partial charge in [0, 0.05) is 29.9 Å². The van der Waals surface area contributed by atoms with Crippen LogP contribution in [0.4, 0.5) is 5.69 Å². The van der Waals surface area contributed by atoms with Gasteiger partial charge in [0.1, 0.15) is 0 Å². The first-order valence-corrected chi connectivity index (χ1v) is 14.2. The molecule has 0 saturated carbocycles. The van der Waals surface area contributed by atoms with Crippen molar-refractivity contribution < 1.29 is 27.5 Å². The number of hydrogen-bond acceptors (Lipinski definition) is 7. The summed E-state index contributed by atoms with van der Waals surface area (Å²) in [7, 11) is -2.31. The number of benzene rings is 3. The molecule has 0 bridgehead atoms. The van der Waals surface area contributed by atoms with E-state index in [1.54, 1.807) is 50.4 Å². The molecule has 1 heterocycles. The SMILES string of the molecule is CCOC(=O)c1ccc2c(c1)sc(=NC(=O)c1cccc(NS(=O)(=O)c3ccc(Cl)cc3)c1)n2CCOC. The number of nitrogens with zero attached hydrogens (tertiary/aromatic N) is 2. The molecule has 4 rings (SSSR count). The molecule has 0 atom stereocenters. The van der Waals surface area contributed by atoms with E-state index in [0.717, 1.165) is 10.2 Å². The Hall–Kier alpha value is -3.51. The smallest absolute Gasteiger partial charge is 0.338 e. The Balaban J connectivity index is 1.67. The monoisotopic (exact) mass is 573 g/mol. The van der Waals surface area contributed by atoms with Gasteiger partial charge >= 0.3 is 5.97 Å². The van der Waals surface area contributed by atoms with Crippen LogP contribution in [0.3, 0.4) is 0 Å². The van der Waals surface area contributed by atoms with Crippen molar-refractivity contribution in [2.75, 3.05) is 25.0 Å². The second kappa shape index (κ2) is 11.9. The number of fused-ring (bicyclic) bond motifs is 1. The third kappa shape index (κ3) is 6.30. The Labute approximate surface area is 228 Å². The average molecular weight is 574 g/mol. The third-order valence-corrected chi connectivity index (χ3v) is 8.09. The molecule has 0 saturated heterocycles. The van der Waals surface area contributed by atoms with Crippen LogP contribution in [0, 0.1) is 0 Å². The first-order chi connectivity index (χ1) is 18.2. The Morgan fingerprint density at radius 2 is 1.82 bits per heavy atom. The molecule has 38 heavy (non-hydrogen) atoms. The van der Waals surface area contributed by atoms with Gasteiger partial charge in [-0.3, -0.25) is 9.52 Å². The second-order valence-electron chi connectivity index (χ2n) is 7.99. The van der Waals surface area contributed by atoms with Gasteiger partial charge in [0.15, 0.2) is 4.80 Å². The standard InChI is InChI=1S/C26H24ClN3O6S2/c1-3-36-25(32)18-7-12-22-23(16-18)37-26(30(22)13-14-35-2)28-24(31)17-5-4-6-20(15-17)29-38(33,34)21-10-8-19(27)9-11-21/h4-12,15-16,29H,3,13-14H2,1-2H3. The first-order valence-electron chi connectivity index (χ1n) is 11.5. The fraction of sp³-hybridized carbons (Fsp3) is 0.192. The third-order valence-electron chi connectivity index (χ3n) is 5.40. The number of rotatable bonds is 9. The number of amides is 1. The summed E-state index contributed by atoms with van der Waals surface area (Å²) >= 11 is 7.10. The maximum Gasteiger partial charge on any atom is 0.338 e. The minimum absolute atomic E-state index is 0.0370. The van der Waals surface area contributed by atoms with Crippen molar-refractivity contribution in [3.05, 3.63) is 87.7 Å².